The van der Waals surface area contributed by atoms with Gasteiger partial charge in [0.05, 0.1) is 29.5 Å². The van der Waals surface area contributed by atoms with Crippen LogP contribution in [0.3, 0.4) is 0 Å². The monoisotopic (exact) mass is 368 g/mol. The first-order valence-corrected chi connectivity index (χ1v) is 10.3. The van der Waals surface area contributed by atoms with Crippen LogP contribution in [0.5, 0.6) is 0 Å². The maximum absolute atomic E-state index is 12.3. The van der Waals surface area contributed by atoms with E-state index in [1.54, 1.807) is 42.3 Å². The van der Waals surface area contributed by atoms with E-state index in [9.17, 15) is 13.2 Å². The molecule has 1 aromatic heterocycles. The molecule has 0 atom stereocenters. The van der Waals surface area contributed by atoms with Gasteiger partial charge in [0.2, 0.25) is 10.0 Å². The number of hydrogen-bond donors (Lipinski definition) is 1. The Bertz CT molecular complexity index is 773. The number of benzene rings is 1. The molecule has 1 aromatic carbocycles. The summed E-state index contributed by atoms with van der Waals surface area (Å²) in [6, 6.07) is 10.4. The van der Waals surface area contributed by atoms with E-state index in [-0.39, 0.29) is 5.91 Å². The standard InChI is InChI=1S/C16H20N2O4S2/c1-18(24(2,20)21)15-8-4-3-7-14(15)16(19)17-9-11-23-12-13-6-5-10-22-13/h3-8,10H,9,11-12H2,1-2H3,(H,17,19). The van der Waals surface area contributed by atoms with Crippen molar-refractivity contribution in [3.05, 3.63) is 54.0 Å². The lowest BCUT2D eigenvalue weighted by Crippen LogP contribution is -2.30. The van der Waals surface area contributed by atoms with Gasteiger partial charge in [0, 0.05) is 19.3 Å². The molecule has 24 heavy (non-hydrogen) atoms. The first-order valence-electron chi connectivity index (χ1n) is 7.31. The van der Waals surface area contributed by atoms with Crippen molar-refractivity contribution in [3.63, 3.8) is 0 Å². The predicted molar refractivity (Wildman–Crippen MR) is 96.9 cm³/mol. The molecule has 0 aliphatic rings. The van der Waals surface area contributed by atoms with Crippen molar-refractivity contribution in [2.75, 3.05) is 29.9 Å². The highest BCUT2D eigenvalue weighted by molar-refractivity contribution is 7.98. The molecule has 2 rings (SSSR count). The van der Waals surface area contributed by atoms with Gasteiger partial charge in [-0.05, 0) is 24.3 Å². The van der Waals surface area contributed by atoms with Gasteiger partial charge in [0.1, 0.15) is 5.76 Å². The van der Waals surface area contributed by atoms with Crippen molar-refractivity contribution in [2.24, 2.45) is 0 Å². The second kappa shape index (κ2) is 8.25. The summed E-state index contributed by atoms with van der Waals surface area (Å²) in [5.41, 5.74) is 0.696. The summed E-state index contributed by atoms with van der Waals surface area (Å²) in [6.45, 7) is 0.487. The number of amides is 1. The lowest BCUT2D eigenvalue weighted by molar-refractivity contribution is 0.0957. The van der Waals surface area contributed by atoms with Crippen LogP contribution < -0.4 is 9.62 Å². The number of thioether (sulfide) groups is 1. The third-order valence-electron chi connectivity index (χ3n) is 3.34. The quantitative estimate of drug-likeness (QED) is 0.724. The van der Waals surface area contributed by atoms with E-state index in [1.807, 2.05) is 12.1 Å². The van der Waals surface area contributed by atoms with Crippen molar-refractivity contribution in [1.82, 2.24) is 5.32 Å². The highest BCUT2D eigenvalue weighted by Gasteiger charge is 2.19. The number of nitrogens with zero attached hydrogens (tertiary/aromatic N) is 1. The summed E-state index contributed by atoms with van der Waals surface area (Å²) in [4.78, 5) is 12.3. The number of sulfonamides is 1. The van der Waals surface area contributed by atoms with Crippen LogP contribution in [0, 0.1) is 0 Å². The van der Waals surface area contributed by atoms with E-state index in [1.165, 1.54) is 7.05 Å². The second-order valence-corrected chi connectivity index (χ2v) is 8.25. The number of anilines is 1. The zero-order valence-electron chi connectivity index (χ0n) is 13.6. The molecular formula is C16H20N2O4S2. The molecule has 0 bridgehead atoms. The summed E-state index contributed by atoms with van der Waals surface area (Å²) in [5.74, 6) is 2.08. The Balaban J connectivity index is 1.90. The van der Waals surface area contributed by atoms with Gasteiger partial charge in [-0.25, -0.2) is 8.42 Å². The number of para-hydroxylation sites is 1. The molecular weight excluding hydrogens is 348 g/mol. The number of hydrogen-bond acceptors (Lipinski definition) is 5. The fraction of sp³-hybridized carbons (Fsp3) is 0.312. The van der Waals surface area contributed by atoms with Crippen LogP contribution in [0.15, 0.2) is 47.1 Å². The van der Waals surface area contributed by atoms with Crippen molar-refractivity contribution in [3.8, 4) is 0 Å². The SMILES string of the molecule is CN(c1ccccc1C(=O)NCCSCc1ccco1)S(C)(=O)=O. The number of carbonyl (C=O) groups excluding carboxylic acids is 1. The van der Waals surface area contributed by atoms with Crippen LogP contribution in [-0.2, 0) is 15.8 Å². The average molecular weight is 368 g/mol. The average Bonchev–Trinajstić information content (AvgIpc) is 3.06. The Morgan fingerprint density at radius 2 is 2.00 bits per heavy atom. The summed E-state index contributed by atoms with van der Waals surface area (Å²) in [5, 5.41) is 2.81. The Labute approximate surface area is 146 Å². The molecule has 0 fully saturated rings. The molecule has 130 valence electrons. The largest absolute Gasteiger partial charge is 0.468 e. The van der Waals surface area contributed by atoms with Gasteiger partial charge < -0.3 is 9.73 Å². The first kappa shape index (κ1) is 18.4. The zero-order valence-corrected chi connectivity index (χ0v) is 15.2. The van der Waals surface area contributed by atoms with Crippen LogP contribution in [0.25, 0.3) is 0 Å². The Morgan fingerprint density at radius 3 is 2.67 bits per heavy atom. The first-order chi connectivity index (χ1) is 11.4. The second-order valence-electron chi connectivity index (χ2n) is 5.14. The summed E-state index contributed by atoms with van der Waals surface area (Å²) >= 11 is 1.65. The molecule has 8 heteroatoms. The van der Waals surface area contributed by atoms with Crippen molar-refractivity contribution < 1.29 is 17.6 Å². The van der Waals surface area contributed by atoms with Gasteiger partial charge in [-0.15, -0.1) is 0 Å². The number of nitrogens with one attached hydrogen (secondary N) is 1. The lowest BCUT2D eigenvalue weighted by atomic mass is 10.1. The lowest BCUT2D eigenvalue weighted by Gasteiger charge is -2.19. The minimum absolute atomic E-state index is 0.292. The molecule has 6 nitrogen and oxygen atoms in total. The van der Waals surface area contributed by atoms with Gasteiger partial charge in [-0.3, -0.25) is 9.10 Å². The molecule has 0 saturated carbocycles. The number of carbonyl (C=O) groups is 1. The van der Waals surface area contributed by atoms with Crippen molar-refractivity contribution in [1.29, 1.82) is 0 Å². The van der Waals surface area contributed by atoms with Gasteiger partial charge in [0.25, 0.3) is 5.91 Å². The summed E-state index contributed by atoms with van der Waals surface area (Å²) in [6.07, 6.45) is 2.74. The van der Waals surface area contributed by atoms with E-state index in [2.05, 4.69) is 5.32 Å². The van der Waals surface area contributed by atoms with E-state index >= 15 is 0 Å². The third-order valence-corrected chi connectivity index (χ3v) is 5.51. The Morgan fingerprint density at radius 1 is 1.25 bits per heavy atom. The van der Waals surface area contributed by atoms with Crippen LogP contribution in [0.2, 0.25) is 0 Å². The van der Waals surface area contributed by atoms with Crippen LogP contribution in [0.1, 0.15) is 16.1 Å². The highest BCUT2D eigenvalue weighted by Crippen LogP contribution is 2.21. The minimum atomic E-state index is -3.43. The summed E-state index contributed by atoms with van der Waals surface area (Å²) in [7, 11) is -2.00. The molecule has 0 saturated heterocycles. The maximum atomic E-state index is 12.3. The number of furan rings is 1. The van der Waals surface area contributed by atoms with E-state index in [4.69, 9.17) is 4.42 Å². The van der Waals surface area contributed by atoms with Gasteiger partial charge in [-0.1, -0.05) is 12.1 Å². The molecule has 0 aliphatic carbocycles. The van der Waals surface area contributed by atoms with Crippen molar-refractivity contribution in [2.45, 2.75) is 5.75 Å². The van der Waals surface area contributed by atoms with Gasteiger partial charge in [-0.2, -0.15) is 11.8 Å². The highest BCUT2D eigenvalue weighted by atomic mass is 32.2. The molecule has 1 heterocycles. The van der Waals surface area contributed by atoms with Gasteiger partial charge >= 0.3 is 0 Å². The number of rotatable bonds is 8. The Kier molecular flexibility index (Phi) is 6.33. The Hall–Kier alpha value is -1.93. The normalized spacial score (nSPS) is 11.2. The summed E-state index contributed by atoms with van der Waals surface area (Å²) < 4.78 is 29.7. The fourth-order valence-corrected chi connectivity index (χ4v) is 3.29. The molecule has 0 unspecified atom stereocenters. The van der Waals surface area contributed by atoms with E-state index in [0.29, 0.717) is 17.8 Å². The molecule has 1 N–H and O–H groups in total. The zero-order chi connectivity index (χ0) is 17.6. The fourth-order valence-electron chi connectivity index (χ4n) is 2.02. The van der Waals surface area contributed by atoms with Gasteiger partial charge in [0.15, 0.2) is 0 Å². The smallest absolute Gasteiger partial charge is 0.253 e. The molecule has 0 aliphatic heterocycles. The topological polar surface area (TPSA) is 79.6 Å². The van der Waals surface area contributed by atoms with E-state index < -0.39 is 10.0 Å². The molecule has 1 amide bonds. The molecule has 0 radical (unpaired) electrons. The minimum Gasteiger partial charge on any atom is -0.468 e. The van der Waals surface area contributed by atoms with Crippen molar-refractivity contribution >= 4 is 33.4 Å². The predicted octanol–water partition coefficient (Wildman–Crippen LogP) is 2.34. The van der Waals surface area contributed by atoms with Crippen LogP contribution in [-0.4, -0.2) is 39.9 Å². The molecule has 2 aromatic rings. The van der Waals surface area contributed by atoms with Crippen LogP contribution >= 0.6 is 11.8 Å². The van der Waals surface area contributed by atoms with E-state index in [0.717, 1.165) is 27.8 Å². The maximum Gasteiger partial charge on any atom is 0.253 e. The molecule has 0 spiro atoms. The van der Waals surface area contributed by atoms with Crippen LogP contribution in [0.4, 0.5) is 5.69 Å². The third kappa shape index (κ3) is 5.04.